The Balaban J connectivity index is 0.000001000. The van der Waals surface area contributed by atoms with E-state index in [4.69, 9.17) is 23.2 Å². The van der Waals surface area contributed by atoms with Gasteiger partial charge in [-0.2, -0.15) is 0 Å². The van der Waals surface area contributed by atoms with Crippen molar-refractivity contribution in [1.82, 2.24) is 4.98 Å². The van der Waals surface area contributed by atoms with Gasteiger partial charge in [-0.25, -0.2) is 0 Å². The van der Waals surface area contributed by atoms with Gasteiger partial charge in [0, 0.05) is 11.2 Å². The lowest BCUT2D eigenvalue weighted by molar-refractivity contribution is 1.15. The maximum absolute atomic E-state index is 5.79. The number of aromatic nitrogens is 1. The second-order valence-corrected chi connectivity index (χ2v) is 2.73. The first-order chi connectivity index (χ1) is 4.74. The second-order valence-electron chi connectivity index (χ2n) is 2.06. The van der Waals surface area contributed by atoms with Gasteiger partial charge in [-0.05, 0) is 18.6 Å². The van der Waals surface area contributed by atoms with E-state index in [1.807, 2.05) is 6.92 Å². The molecule has 0 spiro atoms. The van der Waals surface area contributed by atoms with Crippen molar-refractivity contribution in [3.63, 3.8) is 0 Å². The summed E-state index contributed by atoms with van der Waals surface area (Å²) in [5, 5.41) is 0.727. The SMILES string of the molecule is Cc1cnc(CCl)cc1Cl.Cl. The molecule has 1 aromatic rings. The fourth-order valence-electron chi connectivity index (χ4n) is 0.612. The molecule has 0 aliphatic heterocycles. The third-order valence-corrected chi connectivity index (χ3v) is 1.91. The molecular formula is C7H8Cl3N. The third kappa shape index (κ3) is 2.86. The molecule has 1 heterocycles. The van der Waals surface area contributed by atoms with Gasteiger partial charge in [0.15, 0.2) is 0 Å². The maximum atomic E-state index is 5.79. The summed E-state index contributed by atoms with van der Waals surface area (Å²) in [4.78, 5) is 4.04. The van der Waals surface area contributed by atoms with Crippen LogP contribution in [0.4, 0.5) is 0 Å². The van der Waals surface area contributed by atoms with Crippen molar-refractivity contribution in [3.05, 3.63) is 28.5 Å². The molecule has 1 nitrogen and oxygen atoms in total. The predicted molar refractivity (Wildman–Crippen MR) is 50.8 cm³/mol. The summed E-state index contributed by atoms with van der Waals surface area (Å²) in [6, 6.07) is 1.78. The number of pyridine rings is 1. The highest BCUT2D eigenvalue weighted by Crippen LogP contribution is 2.14. The Morgan fingerprint density at radius 3 is 2.64 bits per heavy atom. The summed E-state index contributed by atoms with van der Waals surface area (Å²) < 4.78 is 0. The summed E-state index contributed by atoms with van der Waals surface area (Å²) in [6.45, 7) is 1.91. The van der Waals surface area contributed by atoms with Gasteiger partial charge < -0.3 is 0 Å². The van der Waals surface area contributed by atoms with Gasteiger partial charge in [0.2, 0.25) is 0 Å². The van der Waals surface area contributed by atoms with Crippen LogP contribution in [0.3, 0.4) is 0 Å². The van der Waals surface area contributed by atoms with Crippen LogP contribution in [0.25, 0.3) is 0 Å². The summed E-state index contributed by atoms with van der Waals surface area (Å²) in [5.74, 6) is 0.417. The van der Waals surface area contributed by atoms with Gasteiger partial charge >= 0.3 is 0 Å². The van der Waals surface area contributed by atoms with E-state index in [-0.39, 0.29) is 12.4 Å². The molecule has 1 rings (SSSR count). The van der Waals surface area contributed by atoms with Crippen LogP contribution in [-0.2, 0) is 5.88 Å². The number of hydrogen-bond donors (Lipinski definition) is 0. The number of nitrogens with zero attached hydrogens (tertiary/aromatic N) is 1. The summed E-state index contributed by atoms with van der Waals surface area (Å²) in [6.07, 6.45) is 1.72. The molecule has 62 valence electrons. The Bertz CT molecular complexity index is 237. The van der Waals surface area contributed by atoms with Gasteiger partial charge in [0.05, 0.1) is 11.6 Å². The van der Waals surface area contributed by atoms with Crippen molar-refractivity contribution < 1.29 is 0 Å². The lowest BCUT2D eigenvalue weighted by atomic mass is 10.3. The molecule has 0 fully saturated rings. The van der Waals surface area contributed by atoms with E-state index in [1.54, 1.807) is 12.3 Å². The highest BCUT2D eigenvalue weighted by atomic mass is 35.5. The molecule has 0 aliphatic rings. The Morgan fingerprint density at radius 2 is 2.18 bits per heavy atom. The Morgan fingerprint density at radius 1 is 1.55 bits per heavy atom. The van der Waals surface area contributed by atoms with Gasteiger partial charge in [-0.15, -0.1) is 24.0 Å². The van der Waals surface area contributed by atoms with Crippen molar-refractivity contribution in [2.45, 2.75) is 12.8 Å². The van der Waals surface area contributed by atoms with Crippen LogP contribution in [0.2, 0.25) is 5.02 Å². The molecule has 0 saturated heterocycles. The second kappa shape index (κ2) is 4.81. The smallest absolute Gasteiger partial charge is 0.0647 e. The number of rotatable bonds is 1. The minimum absolute atomic E-state index is 0. The molecule has 0 atom stereocenters. The monoisotopic (exact) mass is 211 g/mol. The first-order valence-electron chi connectivity index (χ1n) is 2.91. The van der Waals surface area contributed by atoms with Gasteiger partial charge in [-0.1, -0.05) is 11.6 Å². The van der Waals surface area contributed by atoms with E-state index in [1.165, 1.54) is 0 Å². The molecule has 0 unspecified atom stereocenters. The topological polar surface area (TPSA) is 12.9 Å². The van der Waals surface area contributed by atoms with Crippen molar-refractivity contribution in [1.29, 1.82) is 0 Å². The van der Waals surface area contributed by atoms with Crippen molar-refractivity contribution in [2.75, 3.05) is 0 Å². The zero-order chi connectivity index (χ0) is 7.56. The highest BCUT2D eigenvalue weighted by Gasteiger charge is 1.96. The summed E-state index contributed by atoms with van der Waals surface area (Å²) in [7, 11) is 0. The van der Waals surface area contributed by atoms with E-state index in [0.717, 1.165) is 16.3 Å². The maximum Gasteiger partial charge on any atom is 0.0647 e. The van der Waals surface area contributed by atoms with Gasteiger partial charge in [0.1, 0.15) is 0 Å². The third-order valence-electron chi connectivity index (χ3n) is 1.23. The molecule has 0 aliphatic carbocycles. The quantitative estimate of drug-likeness (QED) is 0.652. The molecule has 0 radical (unpaired) electrons. The first kappa shape index (κ1) is 11.0. The molecule has 0 N–H and O–H groups in total. The largest absolute Gasteiger partial charge is 0.260 e. The molecular weight excluding hydrogens is 204 g/mol. The van der Waals surface area contributed by atoms with Crippen LogP contribution in [-0.4, -0.2) is 4.98 Å². The zero-order valence-corrected chi connectivity index (χ0v) is 8.30. The van der Waals surface area contributed by atoms with E-state index < -0.39 is 0 Å². The molecule has 11 heavy (non-hydrogen) atoms. The minimum atomic E-state index is 0. The molecule has 0 aromatic carbocycles. The van der Waals surface area contributed by atoms with Crippen molar-refractivity contribution in [2.24, 2.45) is 0 Å². The Labute approximate surface area is 82.1 Å². The fourth-order valence-corrected chi connectivity index (χ4v) is 0.933. The van der Waals surface area contributed by atoms with Crippen LogP contribution in [0.1, 0.15) is 11.3 Å². The minimum Gasteiger partial charge on any atom is -0.260 e. The molecule has 0 amide bonds. The van der Waals surface area contributed by atoms with Crippen molar-refractivity contribution >= 4 is 35.6 Å². The lowest BCUT2D eigenvalue weighted by Crippen LogP contribution is -1.85. The number of alkyl halides is 1. The Kier molecular flexibility index (Phi) is 4.82. The van der Waals surface area contributed by atoms with Crippen molar-refractivity contribution in [3.8, 4) is 0 Å². The standard InChI is InChI=1S/C7H7Cl2N.ClH/c1-5-4-10-6(3-8)2-7(5)9;/h2,4H,3H2,1H3;1H. The molecule has 4 heteroatoms. The van der Waals surface area contributed by atoms with Crippen LogP contribution >= 0.6 is 35.6 Å². The summed E-state index contributed by atoms with van der Waals surface area (Å²) in [5.41, 5.74) is 1.80. The normalized spacial score (nSPS) is 9.00. The van der Waals surface area contributed by atoms with Crippen LogP contribution in [0.5, 0.6) is 0 Å². The fraction of sp³-hybridized carbons (Fsp3) is 0.286. The van der Waals surface area contributed by atoms with E-state index in [2.05, 4.69) is 4.98 Å². The van der Waals surface area contributed by atoms with E-state index in [0.29, 0.717) is 5.88 Å². The Hall–Kier alpha value is 0.0200. The predicted octanol–water partition coefficient (Wildman–Crippen LogP) is 3.20. The average molecular weight is 213 g/mol. The van der Waals surface area contributed by atoms with Crippen LogP contribution < -0.4 is 0 Å². The lowest BCUT2D eigenvalue weighted by Gasteiger charge is -1.97. The molecule has 1 aromatic heterocycles. The van der Waals surface area contributed by atoms with Crippen LogP contribution in [0, 0.1) is 6.92 Å². The van der Waals surface area contributed by atoms with Gasteiger partial charge in [-0.3, -0.25) is 4.98 Å². The first-order valence-corrected chi connectivity index (χ1v) is 3.82. The van der Waals surface area contributed by atoms with E-state index >= 15 is 0 Å². The average Bonchev–Trinajstić information content (AvgIpc) is 1.95. The number of halogens is 3. The number of hydrogen-bond acceptors (Lipinski definition) is 1. The zero-order valence-electron chi connectivity index (χ0n) is 5.97. The molecule has 0 saturated carbocycles. The van der Waals surface area contributed by atoms with Gasteiger partial charge in [0.25, 0.3) is 0 Å². The van der Waals surface area contributed by atoms with E-state index in [9.17, 15) is 0 Å². The molecule has 0 bridgehead atoms. The number of aryl methyl sites for hydroxylation is 1. The summed E-state index contributed by atoms with van der Waals surface area (Å²) >= 11 is 11.3. The highest BCUT2D eigenvalue weighted by molar-refractivity contribution is 6.31. The van der Waals surface area contributed by atoms with Crippen LogP contribution in [0.15, 0.2) is 12.3 Å².